The fraction of sp³-hybridized carbons (Fsp3) is 0.400. The molecule has 1 N–H and O–H groups in total. The lowest BCUT2D eigenvalue weighted by atomic mass is 10.1. The molecular formula is C15H18O3. The van der Waals surface area contributed by atoms with Crippen molar-refractivity contribution >= 4 is 12.0 Å². The molecule has 3 nitrogen and oxygen atoms in total. The van der Waals surface area contributed by atoms with E-state index >= 15 is 0 Å². The van der Waals surface area contributed by atoms with Crippen molar-refractivity contribution in [2.75, 3.05) is 6.61 Å². The van der Waals surface area contributed by atoms with E-state index in [4.69, 9.17) is 9.84 Å². The highest BCUT2D eigenvalue weighted by molar-refractivity contribution is 5.85. The fourth-order valence-corrected chi connectivity index (χ4v) is 2.23. The summed E-state index contributed by atoms with van der Waals surface area (Å²) < 4.78 is 5.73. The van der Waals surface area contributed by atoms with Crippen LogP contribution in [0.1, 0.15) is 31.2 Å². The zero-order valence-electron chi connectivity index (χ0n) is 10.3. The Hall–Kier alpha value is -1.77. The van der Waals surface area contributed by atoms with Gasteiger partial charge in [-0.1, -0.05) is 25.0 Å². The second-order valence-corrected chi connectivity index (χ2v) is 4.70. The molecule has 0 spiro atoms. The minimum Gasteiger partial charge on any atom is -0.493 e. The number of carbonyl (C=O) groups is 1. The number of hydrogen-bond acceptors (Lipinski definition) is 2. The number of ether oxygens (including phenoxy) is 1. The standard InChI is InChI=1S/C15H18O3/c16-15(17)10-7-12-5-8-14(9-6-12)18-11-13-3-1-2-4-13/h5-10,13H,1-4,11H2,(H,16,17)/b10-7+. The summed E-state index contributed by atoms with van der Waals surface area (Å²) in [4.78, 5) is 10.4. The van der Waals surface area contributed by atoms with E-state index in [2.05, 4.69) is 0 Å². The molecule has 1 saturated carbocycles. The van der Waals surface area contributed by atoms with Crippen molar-refractivity contribution in [1.29, 1.82) is 0 Å². The summed E-state index contributed by atoms with van der Waals surface area (Å²) in [6, 6.07) is 7.50. The van der Waals surface area contributed by atoms with E-state index in [9.17, 15) is 4.79 Å². The van der Waals surface area contributed by atoms with Crippen LogP contribution in [0.2, 0.25) is 0 Å². The van der Waals surface area contributed by atoms with Gasteiger partial charge in [0.2, 0.25) is 0 Å². The number of carboxylic acid groups (broad SMARTS) is 1. The zero-order valence-corrected chi connectivity index (χ0v) is 10.3. The Bertz CT molecular complexity index is 414. The van der Waals surface area contributed by atoms with Gasteiger partial charge >= 0.3 is 5.97 Å². The molecule has 96 valence electrons. The maximum Gasteiger partial charge on any atom is 0.328 e. The molecule has 1 fully saturated rings. The van der Waals surface area contributed by atoms with Crippen molar-refractivity contribution in [2.24, 2.45) is 5.92 Å². The van der Waals surface area contributed by atoms with Crippen molar-refractivity contribution in [1.82, 2.24) is 0 Å². The first-order chi connectivity index (χ1) is 8.74. The van der Waals surface area contributed by atoms with Crippen LogP contribution in [0.5, 0.6) is 5.75 Å². The van der Waals surface area contributed by atoms with Crippen LogP contribution in [-0.2, 0) is 4.79 Å². The lowest BCUT2D eigenvalue weighted by Gasteiger charge is -2.11. The Morgan fingerprint density at radius 1 is 1.28 bits per heavy atom. The van der Waals surface area contributed by atoms with Crippen LogP contribution in [0.3, 0.4) is 0 Å². The molecule has 1 aromatic carbocycles. The molecular weight excluding hydrogens is 228 g/mol. The molecule has 0 heterocycles. The quantitative estimate of drug-likeness (QED) is 0.810. The normalized spacial score (nSPS) is 16.2. The first-order valence-corrected chi connectivity index (χ1v) is 6.38. The van der Waals surface area contributed by atoms with E-state index in [0.717, 1.165) is 24.0 Å². The minimum atomic E-state index is -0.934. The second kappa shape index (κ2) is 6.24. The number of aliphatic carboxylic acids is 1. The number of carboxylic acids is 1. The number of benzene rings is 1. The average Bonchev–Trinajstić information content (AvgIpc) is 2.88. The van der Waals surface area contributed by atoms with Crippen LogP contribution in [0.25, 0.3) is 6.08 Å². The molecule has 0 amide bonds. The number of rotatable bonds is 5. The lowest BCUT2D eigenvalue weighted by molar-refractivity contribution is -0.131. The molecule has 0 radical (unpaired) electrons. The van der Waals surface area contributed by atoms with E-state index in [1.54, 1.807) is 6.08 Å². The molecule has 0 aromatic heterocycles. The molecule has 0 aliphatic heterocycles. The molecule has 18 heavy (non-hydrogen) atoms. The summed E-state index contributed by atoms with van der Waals surface area (Å²) in [6.45, 7) is 0.796. The van der Waals surface area contributed by atoms with E-state index in [0.29, 0.717) is 5.92 Å². The first kappa shape index (κ1) is 12.7. The Balaban J connectivity index is 1.85. The topological polar surface area (TPSA) is 46.5 Å². The maximum absolute atomic E-state index is 10.4. The van der Waals surface area contributed by atoms with Crippen LogP contribution in [0.15, 0.2) is 30.3 Å². The van der Waals surface area contributed by atoms with Gasteiger partial charge in [0.1, 0.15) is 5.75 Å². The Kier molecular flexibility index (Phi) is 4.40. The van der Waals surface area contributed by atoms with Crippen molar-refractivity contribution < 1.29 is 14.6 Å². The van der Waals surface area contributed by atoms with Crippen LogP contribution >= 0.6 is 0 Å². The van der Waals surface area contributed by atoms with E-state index in [1.165, 1.54) is 25.7 Å². The predicted octanol–water partition coefficient (Wildman–Crippen LogP) is 3.35. The highest BCUT2D eigenvalue weighted by Gasteiger charge is 2.15. The van der Waals surface area contributed by atoms with Crippen LogP contribution in [-0.4, -0.2) is 17.7 Å². The van der Waals surface area contributed by atoms with Gasteiger partial charge < -0.3 is 9.84 Å². The van der Waals surface area contributed by atoms with Gasteiger partial charge in [-0.2, -0.15) is 0 Å². The monoisotopic (exact) mass is 246 g/mol. The largest absolute Gasteiger partial charge is 0.493 e. The molecule has 3 heteroatoms. The van der Waals surface area contributed by atoms with Gasteiger partial charge in [-0.3, -0.25) is 0 Å². The predicted molar refractivity (Wildman–Crippen MR) is 70.6 cm³/mol. The summed E-state index contributed by atoms with van der Waals surface area (Å²) in [5.41, 5.74) is 0.866. The summed E-state index contributed by atoms with van der Waals surface area (Å²) in [5, 5.41) is 8.52. The summed E-state index contributed by atoms with van der Waals surface area (Å²) >= 11 is 0. The fourth-order valence-electron chi connectivity index (χ4n) is 2.23. The van der Waals surface area contributed by atoms with Crippen LogP contribution in [0.4, 0.5) is 0 Å². The van der Waals surface area contributed by atoms with Crippen molar-refractivity contribution in [3.05, 3.63) is 35.9 Å². The average molecular weight is 246 g/mol. The van der Waals surface area contributed by atoms with Gasteiger partial charge in [0.25, 0.3) is 0 Å². The maximum atomic E-state index is 10.4. The molecule has 1 aliphatic carbocycles. The SMILES string of the molecule is O=C(O)/C=C/c1ccc(OCC2CCCC2)cc1. The first-order valence-electron chi connectivity index (χ1n) is 6.38. The third-order valence-corrected chi connectivity index (χ3v) is 3.26. The molecule has 1 aromatic rings. The third-order valence-electron chi connectivity index (χ3n) is 3.26. The highest BCUT2D eigenvalue weighted by atomic mass is 16.5. The van der Waals surface area contributed by atoms with Crippen LogP contribution < -0.4 is 4.74 Å². The van der Waals surface area contributed by atoms with Gasteiger partial charge in [0, 0.05) is 6.08 Å². The Morgan fingerprint density at radius 2 is 1.94 bits per heavy atom. The van der Waals surface area contributed by atoms with Crippen LogP contribution in [0, 0.1) is 5.92 Å². The van der Waals surface area contributed by atoms with Crippen molar-refractivity contribution in [2.45, 2.75) is 25.7 Å². The van der Waals surface area contributed by atoms with Crippen molar-refractivity contribution in [3.63, 3.8) is 0 Å². The zero-order chi connectivity index (χ0) is 12.8. The summed E-state index contributed by atoms with van der Waals surface area (Å²) in [7, 11) is 0. The smallest absolute Gasteiger partial charge is 0.328 e. The lowest BCUT2D eigenvalue weighted by Crippen LogP contribution is -2.07. The summed E-state index contributed by atoms with van der Waals surface area (Å²) in [6.07, 6.45) is 7.91. The molecule has 0 atom stereocenters. The van der Waals surface area contributed by atoms with E-state index < -0.39 is 5.97 Å². The second-order valence-electron chi connectivity index (χ2n) is 4.70. The molecule has 2 rings (SSSR count). The van der Waals surface area contributed by atoms with E-state index in [1.807, 2.05) is 24.3 Å². The molecule has 0 bridgehead atoms. The third kappa shape index (κ3) is 3.91. The Morgan fingerprint density at radius 3 is 2.56 bits per heavy atom. The molecule has 0 unspecified atom stereocenters. The van der Waals surface area contributed by atoms with Gasteiger partial charge in [-0.05, 0) is 42.5 Å². The highest BCUT2D eigenvalue weighted by Crippen LogP contribution is 2.25. The summed E-state index contributed by atoms with van der Waals surface area (Å²) in [5.74, 6) is 0.627. The Labute approximate surface area is 107 Å². The van der Waals surface area contributed by atoms with Gasteiger partial charge in [-0.25, -0.2) is 4.79 Å². The minimum absolute atomic E-state index is 0.705. The molecule has 1 aliphatic rings. The van der Waals surface area contributed by atoms with E-state index in [-0.39, 0.29) is 0 Å². The van der Waals surface area contributed by atoms with Crippen molar-refractivity contribution in [3.8, 4) is 5.75 Å². The molecule has 0 saturated heterocycles. The van der Waals surface area contributed by atoms with Gasteiger partial charge in [-0.15, -0.1) is 0 Å². The van der Waals surface area contributed by atoms with Gasteiger partial charge in [0.05, 0.1) is 6.61 Å². The number of hydrogen-bond donors (Lipinski definition) is 1. The van der Waals surface area contributed by atoms with Gasteiger partial charge in [0.15, 0.2) is 0 Å².